The Morgan fingerprint density at radius 2 is 2.22 bits per heavy atom. The van der Waals surface area contributed by atoms with Crippen molar-refractivity contribution < 1.29 is 9.53 Å². The molecule has 0 saturated carbocycles. The lowest BCUT2D eigenvalue weighted by molar-refractivity contribution is -0.121. The van der Waals surface area contributed by atoms with Gasteiger partial charge in [-0.2, -0.15) is 0 Å². The highest BCUT2D eigenvalue weighted by atomic mass is 16.5. The van der Waals surface area contributed by atoms with Crippen molar-refractivity contribution in [2.75, 3.05) is 13.7 Å². The molecule has 4 nitrogen and oxygen atoms in total. The molecule has 1 atom stereocenters. The zero-order valence-corrected chi connectivity index (χ0v) is 10.7. The first-order valence-corrected chi connectivity index (χ1v) is 6.04. The van der Waals surface area contributed by atoms with Gasteiger partial charge in [0.15, 0.2) is 0 Å². The van der Waals surface area contributed by atoms with Crippen molar-refractivity contribution in [2.45, 2.75) is 19.4 Å². The van der Waals surface area contributed by atoms with Crippen LogP contribution >= 0.6 is 0 Å². The quantitative estimate of drug-likeness (QED) is 0.846. The summed E-state index contributed by atoms with van der Waals surface area (Å²) in [6.07, 6.45) is 2.28. The van der Waals surface area contributed by atoms with Crippen LogP contribution in [0.5, 0.6) is 0 Å². The van der Waals surface area contributed by atoms with Crippen LogP contribution in [0.25, 0.3) is 10.9 Å². The molecule has 0 aliphatic carbocycles. The first kappa shape index (κ1) is 12.6. The zero-order valence-electron chi connectivity index (χ0n) is 10.7. The molecule has 0 spiro atoms. The van der Waals surface area contributed by atoms with Gasteiger partial charge >= 0.3 is 0 Å². The smallest absolute Gasteiger partial charge is 0.224 e. The molecule has 2 N–H and O–H groups in total. The van der Waals surface area contributed by atoms with Gasteiger partial charge in [-0.3, -0.25) is 4.79 Å². The predicted molar refractivity (Wildman–Crippen MR) is 71.5 cm³/mol. The lowest BCUT2D eigenvalue weighted by atomic mass is 10.1. The van der Waals surface area contributed by atoms with Gasteiger partial charge in [-0.05, 0) is 18.6 Å². The highest BCUT2D eigenvalue weighted by molar-refractivity contribution is 5.88. The number of fused-ring (bicyclic) bond motifs is 1. The molecule has 1 aromatic heterocycles. The van der Waals surface area contributed by atoms with Gasteiger partial charge in [0, 0.05) is 30.3 Å². The van der Waals surface area contributed by atoms with Gasteiger partial charge in [0.2, 0.25) is 5.91 Å². The fraction of sp³-hybridized carbons (Fsp3) is 0.357. The minimum Gasteiger partial charge on any atom is -0.383 e. The number of ether oxygens (including phenoxy) is 1. The SMILES string of the molecule is COCC(C)NC(=O)Cc1c[nH]c2ccccc12. The molecule has 0 aliphatic heterocycles. The van der Waals surface area contributed by atoms with E-state index in [1.807, 2.05) is 37.4 Å². The predicted octanol–water partition coefficient (Wildman–Crippen LogP) is 1.86. The number of hydrogen-bond donors (Lipinski definition) is 2. The zero-order chi connectivity index (χ0) is 13.0. The lowest BCUT2D eigenvalue weighted by Gasteiger charge is -2.12. The molecular weight excluding hydrogens is 228 g/mol. The number of carbonyl (C=O) groups is 1. The van der Waals surface area contributed by atoms with Crippen LogP contribution in [0, 0.1) is 0 Å². The molecule has 2 rings (SSSR count). The van der Waals surface area contributed by atoms with Crippen LogP contribution in [0.3, 0.4) is 0 Å². The second-order valence-corrected chi connectivity index (χ2v) is 4.46. The number of benzene rings is 1. The Hall–Kier alpha value is -1.81. The summed E-state index contributed by atoms with van der Waals surface area (Å²) in [5.74, 6) is 0.0179. The van der Waals surface area contributed by atoms with E-state index in [0.717, 1.165) is 16.5 Å². The van der Waals surface area contributed by atoms with Crippen molar-refractivity contribution in [3.8, 4) is 0 Å². The maximum absolute atomic E-state index is 11.9. The Bertz CT molecular complexity index is 533. The van der Waals surface area contributed by atoms with Crippen molar-refractivity contribution >= 4 is 16.8 Å². The Balaban J connectivity index is 2.03. The van der Waals surface area contributed by atoms with Gasteiger partial charge < -0.3 is 15.0 Å². The van der Waals surface area contributed by atoms with Gasteiger partial charge in [-0.1, -0.05) is 18.2 Å². The van der Waals surface area contributed by atoms with Crippen LogP contribution in [0.2, 0.25) is 0 Å². The number of aromatic nitrogens is 1. The van der Waals surface area contributed by atoms with Crippen LogP contribution in [-0.2, 0) is 16.0 Å². The number of methoxy groups -OCH3 is 1. The average molecular weight is 246 g/mol. The Kier molecular flexibility index (Phi) is 3.99. The number of H-pyrrole nitrogens is 1. The van der Waals surface area contributed by atoms with Crippen molar-refractivity contribution in [2.24, 2.45) is 0 Å². The first-order chi connectivity index (χ1) is 8.70. The molecule has 1 heterocycles. The summed E-state index contributed by atoms with van der Waals surface area (Å²) in [6, 6.07) is 8.01. The van der Waals surface area contributed by atoms with E-state index in [4.69, 9.17) is 4.74 Å². The van der Waals surface area contributed by atoms with Gasteiger partial charge in [-0.15, -0.1) is 0 Å². The minimum atomic E-state index is 0.0179. The van der Waals surface area contributed by atoms with Crippen LogP contribution in [-0.4, -0.2) is 30.6 Å². The number of para-hydroxylation sites is 1. The number of carbonyl (C=O) groups excluding carboxylic acids is 1. The van der Waals surface area contributed by atoms with E-state index in [1.54, 1.807) is 7.11 Å². The summed E-state index contributed by atoms with van der Waals surface area (Å²) >= 11 is 0. The van der Waals surface area contributed by atoms with E-state index >= 15 is 0 Å². The van der Waals surface area contributed by atoms with E-state index in [2.05, 4.69) is 10.3 Å². The summed E-state index contributed by atoms with van der Waals surface area (Å²) in [7, 11) is 1.63. The van der Waals surface area contributed by atoms with Crippen molar-refractivity contribution in [1.29, 1.82) is 0 Å². The highest BCUT2D eigenvalue weighted by Crippen LogP contribution is 2.17. The van der Waals surface area contributed by atoms with Gasteiger partial charge in [0.1, 0.15) is 0 Å². The maximum atomic E-state index is 11.9. The summed E-state index contributed by atoms with van der Waals surface area (Å²) in [5, 5.41) is 4.01. The molecule has 0 saturated heterocycles. The fourth-order valence-corrected chi connectivity index (χ4v) is 2.07. The fourth-order valence-electron chi connectivity index (χ4n) is 2.07. The topological polar surface area (TPSA) is 54.1 Å². The molecule has 1 amide bonds. The second kappa shape index (κ2) is 5.69. The number of amides is 1. The van der Waals surface area contributed by atoms with E-state index < -0.39 is 0 Å². The summed E-state index contributed by atoms with van der Waals surface area (Å²) in [5.41, 5.74) is 2.08. The molecule has 4 heteroatoms. The van der Waals surface area contributed by atoms with Gasteiger partial charge in [0.25, 0.3) is 0 Å². The van der Waals surface area contributed by atoms with E-state index in [-0.39, 0.29) is 11.9 Å². The van der Waals surface area contributed by atoms with Crippen LogP contribution in [0.4, 0.5) is 0 Å². The van der Waals surface area contributed by atoms with Gasteiger partial charge in [0.05, 0.1) is 13.0 Å². The molecule has 18 heavy (non-hydrogen) atoms. The van der Waals surface area contributed by atoms with Crippen molar-refractivity contribution in [3.05, 3.63) is 36.0 Å². The summed E-state index contributed by atoms with van der Waals surface area (Å²) in [6.45, 7) is 2.45. The Morgan fingerprint density at radius 1 is 1.44 bits per heavy atom. The lowest BCUT2D eigenvalue weighted by Crippen LogP contribution is -2.36. The number of nitrogens with one attached hydrogen (secondary N) is 2. The standard InChI is InChI=1S/C14H18N2O2/c1-10(9-18-2)16-14(17)7-11-8-15-13-6-4-3-5-12(11)13/h3-6,8,10,15H,7,9H2,1-2H3,(H,16,17). The molecular formula is C14H18N2O2. The van der Waals surface area contributed by atoms with E-state index in [1.165, 1.54) is 0 Å². The normalized spacial score (nSPS) is 12.6. The monoisotopic (exact) mass is 246 g/mol. The molecule has 1 unspecified atom stereocenters. The number of rotatable bonds is 5. The molecule has 0 radical (unpaired) electrons. The van der Waals surface area contributed by atoms with E-state index in [9.17, 15) is 4.79 Å². The molecule has 0 aliphatic rings. The number of aromatic amines is 1. The third kappa shape index (κ3) is 2.90. The highest BCUT2D eigenvalue weighted by Gasteiger charge is 2.10. The van der Waals surface area contributed by atoms with Crippen molar-refractivity contribution in [1.82, 2.24) is 10.3 Å². The summed E-state index contributed by atoms with van der Waals surface area (Å²) < 4.78 is 4.99. The largest absolute Gasteiger partial charge is 0.383 e. The maximum Gasteiger partial charge on any atom is 0.224 e. The second-order valence-electron chi connectivity index (χ2n) is 4.46. The average Bonchev–Trinajstić information content (AvgIpc) is 2.73. The van der Waals surface area contributed by atoms with Crippen molar-refractivity contribution in [3.63, 3.8) is 0 Å². The molecule has 0 fully saturated rings. The number of hydrogen-bond acceptors (Lipinski definition) is 2. The molecule has 2 aromatic rings. The Morgan fingerprint density at radius 3 is 3.00 bits per heavy atom. The van der Waals surface area contributed by atoms with Crippen LogP contribution in [0.1, 0.15) is 12.5 Å². The Labute approximate surface area is 106 Å². The molecule has 1 aromatic carbocycles. The molecule has 96 valence electrons. The summed E-state index contributed by atoms with van der Waals surface area (Å²) in [4.78, 5) is 15.0. The third-order valence-electron chi connectivity index (χ3n) is 2.85. The van der Waals surface area contributed by atoms with Crippen LogP contribution in [0.15, 0.2) is 30.5 Å². The first-order valence-electron chi connectivity index (χ1n) is 6.04. The van der Waals surface area contributed by atoms with Gasteiger partial charge in [-0.25, -0.2) is 0 Å². The molecule has 0 bridgehead atoms. The minimum absolute atomic E-state index is 0.0179. The van der Waals surface area contributed by atoms with E-state index in [0.29, 0.717) is 13.0 Å². The van der Waals surface area contributed by atoms with Crippen LogP contribution < -0.4 is 5.32 Å². The third-order valence-corrected chi connectivity index (χ3v) is 2.85.